The van der Waals surface area contributed by atoms with Crippen LogP contribution in [0.4, 0.5) is 0 Å². The van der Waals surface area contributed by atoms with Gasteiger partial charge in [-0.05, 0) is 41.0 Å². The van der Waals surface area contributed by atoms with Gasteiger partial charge in [-0.2, -0.15) is 0 Å². The summed E-state index contributed by atoms with van der Waals surface area (Å²) in [6, 6.07) is 8.77. The Labute approximate surface area is 156 Å². The smallest absolute Gasteiger partial charge is 0.310 e. The number of ether oxygens (including phenoxy) is 1. The number of esters is 1. The van der Waals surface area contributed by atoms with Crippen LogP contribution in [0.3, 0.4) is 0 Å². The Morgan fingerprint density at radius 3 is 2.78 bits per heavy atom. The molecule has 5 heteroatoms. The van der Waals surface area contributed by atoms with Gasteiger partial charge in [0.1, 0.15) is 0 Å². The Morgan fingerprint density at radius 2 is 2.13 bits per heavy atom. The number of halogens is 2. The molecule has 23 heavy (non-hydrogen) atoms. The van der Waals surface area contributed by atoms with Gasteiger partial charge in [0.2, 0.25) is 0 Å². The molecule has 2 aliphatic heterocycles. The van der Waals surface area contributed by atoms with Gasteiger partial charge in [-0.15, -0.1) is 0 Å². The average Bonchev–Trinajstić information content (AvgIpc) is 2.84. The molecule has 0 radical (unpaired) electrons. The number of rotatable bonds is 4. The molecule has 0 N–H and O–H groups in total. The van der Waals surface area contributed by atoms with Crippen molar-refractivity contribution < 1.29 is 9.53 Å². The lowest BCUT2D eigenvalue weighted by Crippen LogP contribution is -2.50. The largest absolute Gasteiger partial charge is 0.469 e. The van der Waals surface area contributed by atoms with Crippen LogP contribution in [-0.2, 0) is 9.53 Å². The summed E-state index contributed by atoms with van der Waals surface area (Å²) in [5.41, 5.74) is 1.20. The van der Waals surface area contributed by atoms with Gasteiger partial charge in [0, 0.05) is 29.6 Å². The summed E-state index contributed by atoms with van der Waals surface area (Å²) in [6.07, 6.45) is 5.41. The highest BCUT2D eigenvalue weighted by atomic mass is 123. The molecule has 4 atom stereocenters. The fourth-order valence-corrected chi connectivity index (χ4v) is 4.62. The van der Waals surface area contributed by atoms with Crippen LogP contribution in [0.5, 0.6) is 0 Å². The Bertz CT molecular complexity index is 589. The topological polar surface area (TPSA) is 29.5 Å². The Balaban J connectivity index is 1.91. The van der Waals surface area contributed by atoms with Crippen molar-refractivity contribution in [3.05, 3.63) is 45.0 Å². The van der Waals surface area contributed by atoms with Crippen molar-refractivity contribution in [1.29, 1.82) is 0 Å². The average molecular weight is 442 g/mol. The van der Waals surface area contributed by atoms with Gasteiger partial charge in [0.15, 0.2) is 0 Å². The van der Waals surface area contributed by atoms with Gasteiger partial charge in [-0.25, -0.2) is 0 Å². The number of piperidine rings is 1. The van der Waals surface area contributed by atoms with E-state index in [9.17, 15) is 4.79 Å². The fourth-order valence-electron chi connectivity index (χ4n) is 4.27. The van der Waals surface area contributed by atoms with E-state index in [0.717, 1.165) is 30.8 Å². The number of hydrogen-bond donors (Lipinski definition) is 0. The second-order valence-corrected chi connectivity index (χ2v) is 7.46. The number of carbonyl (C=O) groups is 1. The van der Waals surface area contributed by atoms with E-state index < -0.39 is 0 Å². The second-order valence-electron chi connectivity index (χ2n) is 6.30. The first kappa shape index (κ1) is 17.2. The summed E-state index contributed by atoms with van der Waals surface area (Å²) in [4.78, 5) is 15.0. The maximum Gasteiger partial charge on any atom is 0.310 e. The highest BCUT2D eigenvalue weighted by Crippen LogP contribution is 2.47. The van der Waals surface area contributed by atoms with Crippen molar-refractivity contribution in [3.63, 3.8) is 0 Å². The predicted molar refractivity (Wildman–Crippen MR) is 101 cm³/mol. The lowest BCUT2D eigenvalue weighted by molar-refractivity contribution is -0.150. The second kappa shape index (κ2) is 7.53. The van der Waals surface area contributed by atoms with E-state index in [1.54, 1.807) is 0 Å². The number of benzene rings is 1. The van der Waals surface area contributed by atoms with E-state index in [2.05, 4.69) is 49.8 Å². The molecule has 1 aromatic rings. The zero-order valence-electron chi connectivity index (χ0n) is 13.1. The lowest BCUT2D eigenvalue weighted by atomic mass is 9.76. The first-order chi connectivity index (χ1) is 11.2. The van der Waals surface area contributed by atoms with Crippen LogP contribution < -0.4 is 0 Å². The molecular formula is C18H21ClINO2. The summed E-state index contributed by atoms with van der Waals surface area (Å²) >= 11 is 8.27. The normalized spacial score (nSPS) is 30.7. The summed E-state index contributed by atoms with van der Waals surface area (Å²) in [6.45, 7) is 0.916. The summed E-state index contributed by atoms with van der Waals surface area (Å²) in [5.74, 6) is 0.0401. The van der Waals surface area contributed by atoms with Gasteiger partial charge in [0.05, 0.1) is 13.0 Å². The highest BCUT2D eigenvalue weighted by molar-refractivity contribution is 14.1. The Kier molecular flexibility index (Phi) is 5.65. The van der Waals surface area contributed by atoms with Crippen LogP contribution in [-0.4, -0.2) is 36.6 Å². The van der Waals surface area contributed by atoms with Crippen LogP contribution in [0.15, 0.2) is 34.4 Å². The van der Waals surface area contributed by atoms with E-state index in [1.165, 1.54) is 12.7 Å². The lowest BCUT2D eigenvalue weighted by Gasteiger charge is -2.43. The molecule has 3 nitrogen and oxygen atoms in total. The zero-order chi connectivity index (χ0) is 16.4. The van der Waals surface area contributed by atoms with Gasteiger partial charge in [-0.3, -0.25) is 9.69 Å². The van der Waals surface area contributed by atoms with Gasteiger partial charge >= 0.3 is 5.97 Å². The van der Waals surface area contributed by atoms with E-state index in [4.69, 9.17) is 16.3 Å². The van der Waals surface area contributed by atoms with Crippen LogP contribution in [0.2, 0.25) is 5.02 Å². The minimum absolute atomic E-state index is 0.0845. The van der Waals surface area contributed by atoms with Crippen molar-refractivity contribution in [3.8, 4) is 0 Å². The molecule has 2 fully saturated rings. The molecule has 0 saturated carbocycles. The first-order valence-corrected chi connectivity index (χ1v) is 9.62. The van der Waals surface area contributed by atoms with E-state index >= 15 is 0 Å². The summed E-state index contributed by atoms with van der Waals surface area (Å²) in [7, 11) is 1.50. The minimum Gasteiger partial charge on any atom is -0.469 e. The third-order valence-corrected chi connectivity index (χ3v) is 6.00. The SMILES string of the molecule is COC(=O)C1C(c2ccc(Cl)cc2)CC2CCC1N2CC=C[123I]. The van der Waals surface area contributed by atoms with Crippen molar-refractivity contribution in [2.24, 2.45) is 5.92 Å². The number of fused-ring (bicyclic) bond motifs is 2. The van der Waals surface area contributed by atoms with Gasteiger partial charge in [0.25, 0.3) is 0 Å². The molecule has 4 unspecified atom stereocenters. The molecule has 2 heterocycles. The number of nitrogens with zero attached hydrogens (tertiary/aromatic N) is 1. The van der Waals surface area contributed by atoms with Gasteiger partial charge in [-0.1, -0.05) is 52.4 Å². The monoisotopic (exact) mass is 441 g/mol. The number of hydrogen-bond acceptors (Lipinski definition) is 3. The highest BCUT2D eigenvalue weighted by Gasteiger charge is 2.50. The molecular weight excluding hydrogens is 421 g/mol. The molecule has 0 aliphatic carbocycles. The maximum absolute atomic E-state index is 12.5. The molecule has 124 valence electrons. The predicted octanol–water partition coefficient (Wildman–Crippen LogP) is 4.40. The summed E-state index contributed by atoms with van der Waals surface area (Å²) in [5, 5.41) is 0.732. The molecule has 1 aromatic carbocycles. The Hall–Kier alpha value is -0.590. The van der Waals surface area contributed by atoms with E-state index in [0.29, 0.717) is 6.04 Å². The van der Waals surface area contributed by atoms with Crippen LogP contribution in [0.25, 0.3) is 0 Å². The standard InChI is InChI=1S/C18H21ClINO2/c1-23-18(22)17-15(12-3-5-13(19)6-4-12)11-14-7-8-16(17)21(14)10-2-9-20/h2-6,9,14-17H,7-8,10-11H2,1H3/i20-4. The maximum atomic E-state index is 12.5. The molecule has 2 bridgehead atoms. The van der Waals surface area contributed by atoms with Crippen molar-refractivity contribution in [2.45, 2.75) is 37.3 Å². The third kappa shape index (κ3) is 3.44. The molecule has 0 spiro atoms. The van der Waals surface area contributed by atoms with E-state index in [1.807, 2.05) is 12.1 Å². The van der Waals surface area contributed by atoms with Crippen molar-refractivity contribution in [2.75, 3.05) is 13.7 Å². The van der Waals surface area contributed by atoms with Crippen LogP contribution in [0.1, 0.15) is 30.7 Å². The van der Waals surface area contributed by atoms with Crippen LogP contribution >= 0.6 is 34.2 Å². The molecule has 3 rings (SSSR count). The third-order valence-electron chi connectivity index (χ3n) is 5.24. The fraction of sp³-hybridized carbons (Fsp3) is 0.500. The number of methoxy groups -OCH3 is 1. The summed E-state index contributed by atoms with van der Waals surface area (Å²) < 4.78 is 7.21. The molecule has 2 saturated heterocycles. The van der Waals surface area contributed by atoms with E-state index in [-0.39, 0.29) is 23.8 Å². The molecule has 2 aliphatic rings. The first-order valence-electron chi connectivity index (χ1n) is 8.00. The van der Waals surface area contributed by atoms with Crippen molar-refractivity contribution in [1.82, 2.24) is 4.90 Å². The van der Waals surface area contributed by atoms with Gasteiger partial charge < -0.3 is 4.74 Å². The number of carbonyl (C=O) groups excluding carboxylic acids is 1. The minimum atomic E-state index is -0.0949. The quantitative estimate of drug-likeness (QED) is 0.512. The van der Waals surface area contributed by atoms with Crippen LogP contribution in [0, 0.1) is 5.92 Å². The zero-order valence-corrected chi connectivity index (χ0v) is 16.0. The molecule has 0 amide bonds. The molecule has 0 aromatic heterocycles. The Morgan fingerprint density at radius 1 is 1.39 bits per heavy atom. The van der Waals surface area contributed by atoms with Crippen molar-refractivity contribution >= 4 is 40.2 Å².